The average molecular weight is 186 g/mol. The van der Waals surface area contributed by atoms with E-state index in [2.05, 4.69) is 0 Å². The average Bonchev–Trinajstić information content (AvgIpc) is 2.33. The number of hydrogen-bond acceptors (Lipinski definition) is 2. The molecule has 1 saturated carbocycles. The molecule has 2 atom stereocenters. The third-order valence-corrected chi connectivity index (χ3v) is 3.08. The maximum absolute atomic E-state index is 5.26. The summed E-state index contributed by atoms with van der Waals surface area (Å²) in [4.78, 5) is 0. The molecule has 0 aromatic heterocycles. The molecule has 0 saturated heterocycles. The van der Waals surface area contributed by atoms with Crippen LogP contribution in [0.4, 0.5) is 0 Å². The van der Waals surface area contributed by atoms with Gasteiger partial charge in [0.05, 0.1) is 0 Å². The van der Waals surface area contributed by atoms with E-state index in [-0.39, 0.29) is 0 Å². The lowest BCUT2D eigenvalue weighted by Gasteiger charge is -2.23. The highest BCUT2D eigenvalue weighted by atomic mass is 16.5. The quantitative estimate of drug-likeness (QED) is 0.628. The predicted molar refractivity (Wildman–Crippen MR) is 53.8 cm³/mol. The van der Waals surface area contributed by atoms with E-state index in [1.54, 1.807) is 14.2 Å². The molecule has 0 aliphatic heterocycles. The van der Waals surface area contributed by atoms with E-state index in [0.717, 1.165) is 25.0 Å². The normalized spacial score (nSPS) is 30.0. The van der Waals surface area contributed by atoms with Gasteiger partial charge in [-0.25, -0.2) is 0 Å². The summed E-state index contributed by atoms with van der Waals surface area (Å²) in [6.07, 6.45) is 6.77. The Kier molecular flexibility index (Phi) is 5.40. The second-order valence-electron chi connectivity index (χ2n) is 4.07. The molecule has 78 valence electrons. The molecule has 0 heterocycles. The van der Waals surface area contributed by atoms with Gasteiger partial charge in [0.1, 0.15) is 0 Å². The van der Waals surface area contributed by atoms with Gasteiger partial charge in [-0.15, -0.1) is 0 Å². The van der Waals surface area contributed by atoms with Crippen LogP contribution in [0, 0.1) is 11.8 Å². The molecule has 0 bridgehead atoms. The van der Waals surface area contributed by atoms with Crippen molar-refractivity contribution < 1.29 is 9.47 Å². The first kappa shape index (κ1) is 11.0. The Morgan fingerprint density at radius 1 is 0.846 bits per heavy atom. The van der Waals surface area contributed by atoms with Crippen LogP contribution in [0.1, 0.15) is 32.1 Å². The smallest absolute Gasteiger partial charge is 0.0493 e. The summed E-state index contributed by atoms with van der Waals surface area (Å²) in [5, 5.41) is 0. The van der Waals surface area contributed by atoms with E-state index in [9.17, 15) is 0 Å². The van der Waals surface area contributed by atoms with Gasteiger partial charge in [0.25, 0.3) is 0 Å². The highest BCUT2D eigenvalue weighted by Gasteiger charge is 2.23. The molecular weight excluding hydrogens is 164 g/mol. The fraction of sp³-hybridized carbons (Fsp3) is 1.00. The largest absolute Gasteiger partial charge is 0.384 e. The van der Waals surface area contributed by atoms with Gasteiger partial charge in [0.2, 0.25) is 0 Å². The first-order valence-electron chi connectivity index (χ1n) is 5.36. The van der Waals surface area contributed by atoms with Crippen molar-refractivity contribution in [3.05, 3.63) is 0 Å². The summed E-state index contributed by atoms with van der Waals surface area (Å²) in [5.74, 6) is 1.46. The molecule has 0 aromatic carbocycles. The lowest BCUT2D eigenvalue weighted by Crippen LogP contribution is -2.22. The summed E-state index contributed by atoms with van der Waals surface area (Å²) in [6, 6.07) is 0. The van der Waals surface area contributed by atoms with Crippen LogP contribution in [0.3, 0.4) is 0 Å². The predicted octanol–water partition coefficient (Wildman–Crippen LogP) is 2.48. The molecule has 13 heavy (non-hydrogen) atoms. The van der Waals surface area contributed by atoms with E-state index in [0.29, 0.717) is 0 Å². The summed E-state index contributed by atoms with van der Waals surface area (Å²) in [6.45, 7) is 1.82. The van der Waals surface area contributed by atoms with Gasteiger partial charge in [-0.3, -0.25) is 0 Å². The van der Waals surface area contributed by atoms with E-state index in [4.69, 9.17) is 9.47 Å². The van der Waals surface area contributed by atoms with Gasteiger partial charge in [-0.05, 0) is 24.7 Å². The fourth-order valence-corrected chi connectivity index (χ4v) is 2.33. The van der Waals surface area contributed by atoms with E-state index < -0.39 is 0 Å². The molecule has 0 spiro atoms. The maximum atomic E-state index is 5.26. The number of rotatable bonds is 4. The van der Waals surface area contributed by atoms with Crippen LogP contribution in [0.5, 0.6) is 0 Å². The SMILES string of the molecule is COC[C@@H]1CCCCC[C@H]1COC. The van der Waals surface area contributed by atoms with Crippen LogP contribution in [0.2, 0.25) is 0 Å². The van der Waals surface area contributed by atoms with Crippen LogP contribution in [0.25, 0.3) is 0 Å². The molecule has 0 aromatic rings. The minimum absolute atomic E-state index is 0.729. The molecule has 0 unspecified atom stereocenters. The molecule has 2 nitrogen and oxygen atoms in total. The lowest BCUT2D eigenvalue weighted by molar-refractivity contribution is 0.0662. The van der Waals surface area contributed by atoms with Crippen molar-refractivity contribution in [1.82, 2.24) is 0 Å². The summed E-state index contributed by atoms with van der Waals surface area (Å²) in [7, 11) is 3.60. The molecule has 2 heteroatoms. The van der Waals surface area contributed by atoms with Gasteiger partial charge in [0.15, 0.2) is 0 Å². The highest BCUT2D eigenvalue weighted by molar-refractivity contribution is 4.73. The Bertz CT molecular complexity index is 111. The third kappa shape index (κ3) is 3.65. The molecule has 1 aliphatic carbocycles. The van der Waals surface area contributed by atoms with Crippen molar-refractivity contribution in [2.45, 2.75) is 32.1 Å². The minimum atomic E-state index is 0.729. The van der Waals surface area contributed by atoms with Crippen molar-refractivity contribution in [2.24, 2.45) is 11.8 Å². The summed E-state index contributed by atoms with van der Waals surface area (Å²) >= 11 is 0. The van der Waals surface area contributed by atoms with Gasteiger partial charge >= 0.3 is 0 Å². The zero-order valence-corrected chi connectivity index (χ0v) is 8.92. The Labute approximate surface area is 81.6 Å². The third-order valence-electron chi connectivity index (χ3n) is 3.08. The summed E-state index contributed by atoms with van der Waals surface area (Å²) in [5.41, 5.74) is 0. The second kappa shape index (κ2) is 6.39. The molecular formula is C11H22O2. The Balaban J connectivity index is 2.40. The molecule has 1 aliphatic rings. The van der Waals surface area contributed by atoms with Gasteiger partial charge in [0, 0.05) is 27.4 Å². The zero-order valence-electron chi connectivity index (χ0n) is 8.92. The van der Waals surface area contributed by atoms with Crippen LogP contribution >= 0.6 is 0 Å². The topological polar surface area (TPSA) is 18.5 Å². The number of methoxy groups -OCH3 is 2. The first-order valence-corrected chi connectivity index (χ1v) is 5.36. The fourth-order valence-electron chi connectivity index (χ4n) is 2.33. The number of hydrogen-bond donors (Lipinski definition) is 0. The maximum Gasteiger partial charge on any atom is 0.0493 e. The Hall–Kier alpha value is -0.0800. The zero-order chi connectivity index (χ0) is 9.52. The number of ether oxygens (including phenoxy) is 2. The van der Waals surface area contributed by atoms with Gasteiger partial charge < -0.3 is 9.47 Å². The van der Waals surface area contributed by atoms with Crippen molar-refractivity contribution in [3.63, 3.8) is 0 Å². The van der Waals surface area contributed by atoms with E-state index in [1.807, 2.05) is 0 Å². The second-order valence-corrected chi connectivity index (χ2v) is 4.07. The Morgan fingerprint density at radius 3 is 1.69 bits per heavy atom. The van der Waals surface area contributed by atoms with Gasteiger partial charge in [-0.2, -0.15) is 0 Å². The first-order chi connectivity index (χ1) is 6.38. The highest BCUT2D eigenvalue weighted by Crippen LogP contribution is 2.29. The molecule has 0 amide bonds. The van der Waals surface area contributed by atoms with Gasteiger partial charge in [-0.1, -0.05) is 19.3 Å². The van der Waals surface area contributed by atoms with Crippen LogP contribution in [0.15, 0.2) is 0 Å². The van der Waals surface area contributed by atoms with E-state index >= 15 is 0 Å². The minimum Gasteiger partial charge on any atom is -0.384 e. The van der Waals surface area contributed by atoms with Crippen molar-refractivity contribution in [3.8, 4) is 0 Å². The molecule has 1 rings (SSSR count). The van der Waals surface area contributed by atoms with Crippen LogP contribution in [-0.2, 0) is 9.47 Å². The van der Waals surface area contributed by atoms with Crippen molar-refractivity contribution in [2.75, 3.05) is 27.4 Å². The van der Waals surface area contributed by atoms with Crippen molar-refractivity contribution in [1.29, 1.82) is 0 Å². The summed E-state index contributed by atoms with van der Waals surface area (Å²) < 4.78 is 10.5. The standard InChI is InChI=1S/C11H22O2/c1-12-8-10-6-4-3-5-7-11(10)9-13-2/h10-11H,3-9H2,1-2H3/t10-,11-/m0/s1. The molecule has 0 N–H and O–H groups in total. The monoisotopic (exact) mass is 186 g/mol. The van der Waals surface area contributed by atoms with E-state index in [1.165, 1.54) is 32.1 Å². The van der Waals surface area contributed by atoms with Crippen molar-refractivity contribution >= 4 is 0 Å². The molecule has 0 radical (unpaired) electrons. The Morgan fingerprint density at radius 2 is 1.31 bits per heavy atom. The van der Waals surface area contributed by atoms with Crippen LogP contribution in [-0.4, -0.2) is 27.4 Å². The lowest BCUT2D eigenvalue weighted by atomic mass is 9.89. The van der Waals surface area contributed by atoms with Crippen LogP contribution < -0.4 is 0 Å². The molecule has 1 fully saturated rings.